The van der Waals surface area contributed by atoms with Crippen LogP contribution in [0.4, 0.5) is 0 Å². The molecule has 288 valence electrons. The van der Waals surface area contributed by atoms with Gasteiger partial charge in [-0.2, -0.15) is 0 Å². The normalized spacial score (nSPS) is 14.9. The van der Waals surface area contributed by atoms with Crippen LogP contribution < -0.4 is 43.2 Å². The molecule has 0 bridgehead atoms. The third kappa shape index (κ3) is 3.12. The first kappa shape index (κ1) is 32.3. The van der Waals surface area contributed by atoms with E-state index in [1.54, 1.807) is 21.9 Å². The lowest BCUT2D eigenvalue weighted by molar-refractivity contribution is 1.14. The lowest BCUT2D eigenvalue weighted by atomic mass is 9.18. The quantitative estimate of drug-likeness (QED) is 0.159. The molecule has 0 spiro atoms. The van der Waals surface area contributed by atoms with Gasteiger partial charge < -0.3 is 18.3 Å². The SMILES string of the molecule is C[Si](C)(C)c1cc2c3c(c1)-n1c4ccccc4c4c5c6ccccc6n6c5c5c(c41)B3c1c3c4c(c7ccccc7n4-c4cc([Si](C)(C)C)cc-6c4B35)c3c4ccccc4n-2c13. The average molecular weight is 821 g/mol. The Morgan fingerprint density at radius 2 is 0.565 bits per heavy atom. The second-order valence-corrected chi connectivity index (χ2v) is 31.3. The van der Waals surface area contributed by atoms with Crippen molar-refractivity contribution < 1.29 is 0 Å². The Balaban J connectivity index is 1.27. The molecule has 0 aliphatic carbocycles. The van der Waals surface area contributed by atoms with Crippen molar-refractivity contribution in [2.24, 2.45) is 0 Å². The van der Waals surface area contributed by atoms with Crippen LogP contribution in [0.1, 0.15) is 0 Å². The van der Waals surface area contributed by atoms with E-state index < -0.39 is 16.1 Å². The van der Waals surface area contributed by atoms with Crippen molar-refractivity contribution in [2.75, 3.05) is 0 Å². The fraction of sp³-hybridized carbons (Fsp3) is 0.111. The van der Waals surface area contributed by atoms with Gasteiger partial charge in [0, 0.05) is 87.9 Å². The van der Waals surface area contributed by atoms with E-state index in [0.29, 0.717) is 0 Å². The average Bonchev–Trinajstić information content (AvgIpc) is 4.01. The van der Waals surface area contributed by atoms with Crippen molar-refractivity contribution >= 4 is 160 Å². The van der Waals surface area contributed by atoms with Gasteiger partial charge in [-0.1, -0.05) is 122 Å². The zero-order valence-corrected chi connectivity index (χ0v) is 37.5. The molecule has 9 heterocycles. The lowest BCUT2D eigenvalue weighted by Crippen LogP contribution is -2.80. The molecule has 8 heteroatoms. The van der Waals surface area contributed by atoms with Gasteiger partial charge in [0.1, 0.15) is 0 Å². The monoisotopic (exact) mass is 820 g/mol. The predicted molar refractivity (Wildman–Crippen MR) is 273 cm³/mol. The Kier molecular flexibility index (Phi) is 5.00. The second-order valence-electron chi connectivity index (χ2n) is 21.2. The standard InChI is InChI=1S/C54H38B2N4Si2/c1-61(2,3)27-23-37-45-38(24-27)58-34-20-12-8-16-30(34)42-44-32-18-10-14-22-36(32)60-40-26-28(62(4,5)6)25-39-46(40)56-49-47(55(45)48(52(42)58)50(56)54(44)60)51-41(29-15-7-11-19-33(29)57(37)51)43-31-17-9-13-21-35(31)59(39)53(43)49/h7-26H,1-6H3. The molecule has 0 saturated carbocycles. The Morgan fingerprint density at radius 1 is 0.323 bits per heavy atom. The van der Waals surface area contributed by atoms with Gasteiger partial charge in [-0.25, -0.2) is 0 Å². The molecule has 4 aromatic heterocycles. The summed E-state index contributed by atoms with van der Waals surface area (Å²) in [6, 6.07) is 48.1. The molecule has 0 radical (unpaired) electrons. The first-order valence-corrected chi connectivity index (χ1v) is 29.5. The molecule has 0 amide bonds. The molecule has 5 aliphatic rings. The predicted octanol–water partition coefficient (Wildman–Crippen LogP) is 7.76. The van der Waals surface area contributed by atoms with E-state index in [2.05, 4.69) is 179 Å². The summed E-state index contributed by atoms with van der Waals surface area (Å²) in [6.07, 6.45) is 0. The molecule has 5 aliphatic heterocycles. The maximum atomic E-state index is 2.75. The number of nitrogens with zero attached hydrogens (tertiary/aromatic N) is 4. The van der Waals surface area contributed by atoms with Crippen molar-refractivity contribution in [3.8, 4) is 22.7 Å². The van der Waals surface area contributed by atoms with Gasteiger partial charge in [-0.15, -0.1) is 0 Å². The van der Waals surface area contributed by atoms with Crippen LogP contribution in [-0.2, 0) is 0 Å². The molecule has 0 N–H and O–H groups in total. The van der Waals surface area contributed by atoms with Crippen LogP contribution in [0.2, 0.25) is 39.3 Å². The summed E-state index contributed by atoms with van der Waals surface area (Å²) in [6.45, 7) is 15.4. The molecule has 4 nitrogen and oxygen atoms in total. The highest BCUT2D eigenvalue weighted by Crippen LogP contribution is 2.49. The van der Waals surface area contributed by atoms with Crippen LogP contribution in [0.25, 0.3) is 110 Å². The number of aromatic nitrogens is 4. The number of hydrogen-bond donors (Lipinski definition) is 0. The smallest absolute Gasteiger partial charge is 0.251 e. The second kappa shape index (κ2) is 9.60. The topological polar surface area (TPSA) is 19.7 Å². The number of para-hydroxylation sites is 4. The highest BCUT2D eigenvalue weighted by atomic mass is 28.3. The van der Waals surface area contributed by atoms with Gasteiger partial charge in [0.2, 0.25) is 0 Å². The van der Waals surface area contributed by atoms with Gasteiger partial charge in [-0.3, -0.25) is 0 Å². The molecular weight excluding hydrogens is 782 g/mol. The fourth-order valence-corrected chi connectivity index (χ4v) is 16.3. The van der Waals surface area contributed by atoms with Crippen LogP contribution in [-0.4, -0.2) is 47.8 Å². The third-order valence-corrected chi connectivity index (χ3v) is 20.3. The van der Waals surface area contributed by atoms with Gasteiger partial charge in [0.15, 0.2) is 0 Å². The summed E-state index contributed by atoms with van der Waals surface area (Å²) in [5.41, 5.74) is 25.7. The van der Waals surface area contributed by atoms with Gasteiger partial charge in [-0.05, 0) is 81.3 Å². The van der Waals surface area contributed by atoms with Crippen molar-refractivity contribution in [3.05, 3.63) is 121 Å². The van der Waals surface area contributed by atoms with E-state index in [9.17, 15) is 0 Å². The summed E-state index contributed by atoms with van der Waals surface area (Å²) in [5.74, 6) is 0. The zero-order chi connectivity index (χ0) is 40.8. The van der Waals surface area contributed by atoms with Crippen molar-refractivity contribution in [1.82, 2.24) is 18.3 Å². The molecule has 0 saturated heterocycles. The molecule has 0 fully saturated rings. The third-order valence-electron chi connectivity index (χ3n) is 16.3. The molecule has 12 aromatic rings. The largest absolute Gasteiger partial charge is 0.310 e. The minimum Gasteiger partial charge on any atom is -0.310 e. The minimum absolute atomic E-state index is 0.103. The van der Waals surface area contributed by atoms with Crippen molar-refractivity contribution in [1.29, 1.82) is 0 Å². The molecule has 17 rings (SSSR count). The maximum absolute atomic E-state index is 2.75. The van der Waals surface area contributed by atoms with Gasteiger partial charge in [0.25, 0.3) is 13.4 Å². The minimum atomic E-state index is -1.81. The van der Waals surface area contributed by atoms with E-state index >= 15 is 0 Å². The highest BCUT2D eigenvalue weighted by Gasteiger charge is 2.55. The summed E-state index contributed by atoms with van der Waals surface area (Å²) in [7, 11) is -3.62. The number of benzene rings is 8. The first-order valence-electron chi connectivity index (χ1n) is 22.5. The Morgan fingerprint density at radius 3 is 0.806 bits per heavy atom. The van der Waals surface area contributed by atoms with E-state index in [0.717, 1.165) is 0 Å². The number of fused-ring (bicyclic) bond motifs is 18. The number of rotatable bonds is 2. The molecule has 8 aromatic carbocycles. The van der Waals surface area contributed by atoms with Crippen LogP contribution in [0.15, 0.2) is 121 Å². The summed E-state index contributed by atoms with van der Waals surface area (Å²) < 4.78 is 11.0. The first-order chi connectivity index (χ1) is 30.1. The van der Waals surface area contributed by atoms with Gasteiger partial charge in [0.05, 0.1) is 38.2 Å². The van der Waals surface area contributed by atoms with Crippen LogP contribution >= 0.6 is 0 Å². The van der Waals surface area contributed by atoms with E-state index in [4.69, 9.17) is 0 Å². The van der Waals surface area contributed by atoms with Crippen molar-refractivity contribution in [3.63, 3.8) is 0 Å². The Bertz CT molecular complexity index is 3780. The van der Waals surface area contributed by atoms with Crippen LogP contribution in [0.5, 0.6) is 0 Å². The van der Waals surface area contributed by atoms with E-state index in [1.165, 1.54) is 131 Å². The Labute approximate surface area is 359 Å². The van der Waals surface area contributed by atoms with Crippen LogP contribution in [0.3, 0.4) is 0 Å². The lowest BCUT2D eigenvalue weighted by Gasteiger charge is -2.45. The molecular formula is C54H38B2N4Si2. The molecule has 0 unspecified atom stereocenters. The van der Waals surface area contributed by atoms with Crippen LogP contribution in [0, 0.1) is 0 Å². The summed E-state index contributed by atoms with van der Waals surface area (Å²) >= 11 is 0. The zero-order valence-electron chi connectivity index (χ0n) is 35.5. The highest BCUT2D eigenvalue weighted by molar-refractivity contribution is 7.16. The Hall–Kier alpha value is -6.48. The molecule has 0 atom stereocenters. The van der Waals surface area contributed by atoms with Crippen molar-refractivity contribution in [2.45, 2.75) is 39.3 Å². The number of hydrogen-bond acceptors (Lipinski definition) is 0. The maximum Gasteiger partial charge on any atom is 0.251 e. The van der Waals surface area contributed by atoms with E-state index in [-0.39, 0.29) is 13.4 Å². The van der Waals surface area contributed by atoms with Gasteiger partial charge >= 0.3 is 0 Å². The fourth-order valence-electron chi connectivity index (χ4n) is 14.0. The summed E-state index contributed by atoms with van der Waals surface area (Å²) in [4.78, 5) is 0. The molecule has 62 heavy (non-hydrogen) atoms. The summed E-state index contributed by atoms with van der Waals surface area (Å²) in [5, 5.41) is 14.2. The van der Waals surface area contributed by atoms with E-state index in [1.807, 2.05) is 0 Å².